The van der Waals surface area contributed by atoms with Crippen molar-refractivity contribution >= 4 is 16.1 Å². The lowest BCUT2D eigenvalue weighted by Gasteiger charge is -2.24. The lowest BCUT2D eigenvalue weighted by atomic mass is 10.1. The van der Waals surface area contributed by atoms with Crippen molar-refractivity contribution in [2.45, 2.75) is 44.8 Å². The van der Waals surface area contributed by atoms with Gasteiger partial charge in [0.2, 0.25) is 10.0 Å². The molecule has 0 radical (unpaired) electrons. The molecule has 3 aromatic rings. The standard InChI is InChI=1S/C26H31N3O5S/c1-6-24(20-11-9-13-27-15-20)35(32,33)29-17-19(16-28(5)25(31)34-26(2,3)4)14-23(29)22-12-8-7-10-21(22)18-30/h6-15,17,24,30H,1,16,18H2,2-5H3. The van der Waals surface area contributed by atoms with Crippen LogP contribution in [0.4, 0.5) is 4.79 Å². The summed E-state index contributed by atoms with van der Waals surface area (Å²) in [6.45, 7) is 8.94. The van der Waals surface area contributed by atoms with E-state index >= 15 is 0 Å². The second-order valence-electron chi connectivity index (χ2n) is 9.17. The predicted octanol–water partition coefficient (Wildman–Crippen LogP) is 4.51. The summed E-state index contributed by atoms with van der Waals surface area (Å²) in [5.41, 5.74) is 1.92. The van der Waals surface area contributed by atoms with Gasteiger partial charge in [-0.25, -0.2) is 17.2 Å². The molecule has 0 spiro atoms. The number of ether oxygens (including phenoxy) is 1. The highest BCUT2D eigenvalue weighted by Crippen LogP contribution is 2.33. The molecule has 9 heteroatoms. The van der Waals surface area contributed by atoms with Crippen LogP contribution in [0.2, 0.25) is 0 Å². The Hall–Kier alpha value is -3.43. The van der Waals surface area contributed by atoms with Gasteiger partial charge in [-0.2, -0.15) is 0 Å². The number of aliphatic hydroxyl groups is 1. The van der Waals surface area contributed by atoms with Crippen LogP contribution in [0.15, 0.2) is 73.7 Å². The number of nitrogens with zero attached hydrogens (tertiary/aromatic N) is 3. The summed E-state index contributed by atoms with van der Waals surface area (Å²) >= 11 is 0. The summed E-state index contributed by atoms with van der Waals surface area (Å²) in [5.74, 6) is 0. The van der Waals surface area contributed by atoms with Crippen molar-refractivity contribution < 1.29 is 23.1 Å². The lowest BCUT2D eigenvalue weighted by Crippen LogP contribution is -2.33. The fraction of sp³-hybridized carbons (Fsp3) is 0.308. The topological polar surface area (TPSA) is 102 Å². The number of aliphatic hydroxyl groups excluding tert-OH is 1. The molecule has 0 aliphatic rings. The van der Waals surface area contributed by atoms with E-state index < -0.39 is 27.0 Å². The van der Waals surface area contributed by atoms with Crippen LogP contribution >= 0.6 is 0 Å². The Bertz CT molecular complexity index is 1290. The van der Waals surface area contributed by atoms with Crippen molar-refractivity contribution in [3.05, 3.63) is 90.4 Å². The van der Waals surface area contributed by atoms with Gasteiger partial charge < -0.3 is 14.7 Å². The number of rotatable bonds is 8. The molecule has 2 heterocycles. The molecule has 0 aliphatic carbocycles. The van der Waals surface area contributed by atoms with E-state index in [4.69, 9.17) is 4.74 Å². The molecule has 2 aromatic heterocycles. The van der Waals surface area contributed by atoms with Gasteiger partial charge in [-0.15, -0.1) is 6.58 Å². The minimum atomic E-state index is -4.03. The minimum Gasteiger partial charge on any atom is -0.444 e. The van der Waals surface area contributed by atoms with Crippen LogP contribution in [0, 0.1) is 0 Å². The van der Waals surface area contributed by atoms with Gasteiger partial charge in [0, 0.05) is 31.2 Å². The quantitative estimate of drug-likeness (QED) is 0.459. The average molecular weight is 498 g/mol. The molecule has 0 bridgehead atoms. The molecule has 0 saturated heterocycles. The molecule has 35 heavy (non-hydrogen) atoms. The van der Waals surface area contributed by atoms with Gasteiger partial charge in [-0.3, -0.25) is 4.98 Å². The van der Waals surface area contributed by atoms with Crippen molar-refractivity contribution in [1.29, 1.82) is 0 Å². The van der Waals surface area contributed by atoms with Crippen LogP contribution in [-0.4, -0.2) is 46.1 Å². The third kappa shape index (κ3) is 5.98. The van der Waals surface area contributed by atoms with Crippen LogP contribution in [0.1, 0.15) is 42.7 Å². The SMILES string of the molecule is C=CC(c1cccnc1)S(=O)(=O)n1cc(CN(C)C(=O)OC(C)(C)C)cc1-c1ccccc1CO. The van der Waals surface area contributed by atoms with E-state index in [0.717, 1.165) is 0 Å². The summed E-state index contributed by atoms with van der Waals surface area (Å²) in [6.07, 6.45) is 5.39. The monoisotopic (exact) mass is 497 g/mol. The molecule has 1 aromatic carbocycles. The molecule has 0 saturated carbocycles. The maximum absolute atomic E-state index is 13.9. The van der Waals surface area contributed by atoms with Gasteiger partial charge in [-0.05, 0) is 49.6 Å². The van der Waals surface area contributed by atoms with Crippen molar-refractivity contribution in [3.63, 3.8) is 0 Å². The summed E-state index contributed by atoms with van der Waals surface area (Å²) in [4.78, 5) is 17.9. The maximum atomic E-state index is 13.9. The Labute approximate surface area is 206 Å². The number of carbonyl (C=O) groups excluding carboxylic acids is 1. The van der Waals surface area contributed by atoms with Crippen LogP contribution < -0.4 is 0 Å². The van der Waals surface area contributed by atoms with Crippen molar-refractivity contribution in [3.8, 4) is 11.3 Å². The fourth-order valence-corrected chi connectivity index (χ4v) is 5.35. The zero-order chi connectivity index (χ0) is 25.8. The number of carbonyl (C=O) groups is 1. The smallest absolute Gasteiger partial charge is 0.410 e. The number of hydrogen-bond donors (Lipinski definition) is 1. The Morgan fingerprint density at radius 3 is 2.57 bits per heavy atom. The van der Waals surface area contributed by atoms with E-state index in [0.29, 0.717) is 27.9 Å². The van der Waals surface area contributed by atoms with Gasteiger partial charge in [0.15, 0.2) is 0 Å². The zero-order valence-electron chi connectivity index (χ0n) is 20.4. The van der Waals surface area contributed by atoms with Gasteiger partial charge in [-0.1, -0.05) is 36.4 Å². The largest absolute Gasteiger partial charge is 0.444 e. The van der Waals surface area contributed by atoms with Crippen molar-refractivity contribution in [2.24, 2.45) is 0 Å². The molecule has 186 valence electrons. The Kier molecular flexibility index (Phi) is 7.82. The molecule has 1 atom stereocenters. The highest BCUT2D eigenvalue weighted by molar-refractivity contribution is 7.90. The van der Waals surface area contributed by atoms with Crippen LogP contribution in [0.25, 0.3) is 11.3 Å². The number of pyridine rings is 1. The second-order valence-corrected chi connectivity index (χ2v) is 11.1. The molecule has 0 aliphatic heterocycles. The Morgan fingerprint density at radius 1 is 1.26 bits per heavy atom. The maximum Gasteiger partial charge on any atom is 0.410 e. The summed E-state index contributed by atoms with van der Waals surface area (Å²) < 4.78 is 34.4. The van der Waals surface area contributed by atoms with Gasteiger partial charge in [0.1, 0.15) is 10.9 Å². The second kappa shape index (κ2) is 10.5. The van der Waals surface area contributed by atoms with E-state index in [1.54, 1.807) is 76.5 Å². The van der Waals surface area contributed by atoms with Gasteiger partial charge in [0.25, 0.3) is 0 Å². The fourth-order valence-electron chi connectivity index (χ4n) is 3.67. The normalized spacial score (nSPS) is 12.7. The molecule has 8 nitrogen and oxygen atoms in total. The Balaban J connectivity index is 2.11. The molecule has 1 N–H and O–H groups in total. The lowest BCUT2D eigenvalue weighted by molar-refractivity contribution is 0.0285. The third-order valence-electron chi connectivity index (χ3n) is 5.25. The predicted molar refractivity (Wildman–Crippen MR) is 135 cm³/mol. The van der Waals surface area contributed by atoms with E-state index in [1.807, 2.05) is 0 Å². The van der Waals surface area contributed by atoms with E-state index in [1.165, 1.54) is 27.3 Å². The molecule has 0 fully saturated rings. The minimum absolute atomic E-state index is 0.122. The average Bonchev–Trinajstić information content (AvgIpc) is 3.23. The first-order valence-corrected chi connectivity index (χ1v) is 12.6. The van der Waals surface area contributed by atoms with Crippen LogP contribution in [-0.2, 0) is 27.9 Å². The molecule has 3 rings (SSSR count). The highest BCUT2D eigenvalue weighted by atomic mass is 32.2. The molecule has 1 amide bonds. The van der Waals surface area contributed by atoms with Crippen molar-refractivity contribution in [1.82, 2.24) is 13.9 Å². The highest BCUT2D eigenvalue weighted by Gasteiger charge is 2.30. The summed E-state index contributed by atoms with van der Waals surface area (Å²) in [7, 11) is -2.44. The first-order chi connectivity index (χ1) is 16.5. The van der Waals surface area contributed by atoms with Crippen LogP contribution in [0.5, 0.6) is 0 Å². The van der Waals surface area contributed by atoms with E-state index in [-0.39, 0.29) is 13.2 Å². The molecule has 1 unspecified atom stereocenters. The first-order valence-electron chi connectivity index (χ1n) is 11.1. The van der Waals surface area contributed by atoms with Crippen LogP contribution in [0.3, 0.4) is 0 Å². The summed E-state index contributed by atoms with van der Waals surface area (Å²) in [6, 6.07) is 12.1. The number of hydrogen-bond acceptors (Lipinski definition) is 6. The van der Waals surface area contributed by atoms with Crippen molar-refractivity contribution in [2.75, 3.05) is 7.05 Å². The number of amides is 1. The Morgan fingerprint density at radius 2 is 1.97 bits per heavy atom. The van der Waals surface area contributed by atoms with E-state index in [9.17, 15) is 18.3 Å². The van der Waals surface area contributed by atoms with Gasteiger partial charge in [0.05, 0.1) is 18.8 Å². The molecular weight excluding hydrogens is 466 g/mol. The number of aromatic nitrogens is 2. The summed E-state index contributed by atoms with van der Waals surface area (Å²) in [5, 5.41) is 8.83. The van der Waals surface area contributed by atoms with Gasteiger partial charge >= 0.3 is 6.09 Å². The number of benzene rings is 1. The zero-order valence-corrected chi connectivity index (χ0v) is 21.2. The van der Waals surface area contributed by atoms with E-state index in [2.05, 4.69) is 11.6 Å². The first kappa shape index (κ1) is 26.2. The molecular formula is C26H31N3O5S. The third-order valence-corrected chi connectivity index (χ3v) is 7.21.